The molecule has 4 nitrogen and oxygen atoms in total. The maximum absolute atomic E-state index is 13.8. The van der Waals surface area contributed by atoms with Crippen molar-refractivity contribution in [1.29, 1.82) is 0 Å². The van der Waals surface area contributed by atoms with Gasteiger partial charge < -0.3 is 10.2 Å². The van der Waals surface area contributed by atoms with E-state index in [9.17, 15) is 37.4 Å². The van der Waals surface area contributed by atoms with Crippen molar-refractivity contribution in [3.05, 3.63) is 46.5 Å². The van der Waals surface area contributed by atoms with Crippen LogP contribution in [-0.2, 0) is 0 Å². The summed E-state index contributed by atoms with van der Waals surface area (Å²) < 4.78 is 54.2. The number of benzene rings is 2. The van der Waals surface area contributed by atoms with Crippen LogP contribution in [0, 0.1) is 23.3 Å². The topological polar surface area (TPSA) is 74.6 Å². The Morgan fingerprint density at radius 2 is 0.955 bits per heavy atom. The van der Waals surface area contributed by atoms with Gasteiger partial charge in [-0.1, -0.05) is 0 Å². The van der Waals surface area contributed by atoms with Gasteiger partial charge in [0, 0.05) is 0 Å². The second kappa shape index (κ2) is 4.30. The molecule has 8 heteroatoms. The Morgan fingerprint density at radius 1 is 0.636 bits per heavy atom. The van der Waals surface area contributed by atoms with Crippen molar-refractivity contribution in [2.24, 2.45) is 0 Å². The van der Waals surface area contributed by atoms with Crippen LogP contribution in [0.4, 0.5) is 17.6 Å². The second-order valence-electron chi connectivity index (χ2n) is 4.51. The summed E-state index contributed by atoms with van der Waals surface area (Å²) in [6.45, 7) is 0. The number of ketones is 2. The van der Waals surface area contributed by atoms with E-state index in [1.807, 2.05) is 0 Å². The molecule has 0 bridgehead atoms. The van der Waals surface area contributed by atoms with Crippen molar-refractivity contribution in [3.63, 3.8) is 0 Å². The lowest BCUT2D eigenvalue weighted by atomic mass is 9.89. The van der Waals surface area contributed by atoms with E-state index in [4.69, 9.17) is 0 Å². The van der Waals surface area contributed by atoms with Crippen LogP contribution in [0.3, 0.4) is 0 Å². The maximum atomic E-state index is 13.8. The molecule has 22 heavy (non-hydrogen) atoms. The van der Waals surface area contributed by atoms with Gasteiger partial charge in [0.2, 0.25) is 0 Å². The van der Waals surface area contributed by atoms with Crippen molar-refractivity contribution in [3.8, 4) is 11.5 Å². The molecule has 1 aliphatic carbocycles. The fourth-order valence-electron chi connectivity index (χ4n) is 2.36. The SMILES string of the molecule is O=C1C=CC(=O)c2c1c(O)c1c(F)c(F)c(F)c(F)c1c2O. The molecule has 2 aromatic rings. The van der Waals surface area contributed by atoms with Gasteiger partial charge >= 0.3 is 0 Å². The van der Waals surface area contributed by atoms with Gasteiger partial charge in [-0.05, 0) is 12.2 Å². The summed E-state index contributed by atoms with van der Waals surface area (Å²) in [4.78, 5) is 23.4. The standard InChI is InChI=1S/C14H4F4O4/c15-9-7-8(10(16)12(18)11(9)17)14(22)6-4(20)2-1-3(19)5(6)13(7)21/h1-2,21-22H. The van der Waals surface area contributed by atoms with E-state index in [2.05, 4.69) is 0 Å². The molecule has 0 aliphatic heterocycles. The Kier molecular flexibility index (Phi) is 2.74. The van der Waals surface area contributed by atoms with Crippen molar-refractivity contribution in [2.75, 3.05) is 0 Å². The third kappa shape index (κ3) is 1.51. The first-order valence-corrected chi connectivity index (χ1v) is 5.77. The first-order chi connectivity index (χ1) is 10.3. The lowest BCUT2D eigenvalue weighted by molar-refractivity contribution is 0.0989. The highest BCUT2D eigenvalue weighted by Crippen LogP contribution is 2.44. The first kappa shape index (κ1) is 14.1. The number of allylic oxidation sites excluding steroid dienone is 2. The zero-order chi connectivity index (χ0) is 16.3. The van der Waals surface area contributed by atoms with Crippen LogP contribution in [-0.4, -0.2) is 21.8 Å². The zero-order valence-corrected chi connectivity index (χ0v) is 10.4. The highest BCUT2D eigenvalue weighted by Gasteiger charge is 2.34. The smallest absolute Gasteiger partial charge is 0.198 e. The monoisotopic (exact) mass is 312 g/mol. The predicted octanol–water partition coefficient (Wildman–Crippen LogP) is 2.74. The molecule has 0 spiro atoms. The first-order valence-electron chi connectivity index (χ1n) is 5.77. The molecule has 1 aliphatic rings. The summed E-state index contributed by atoms with van der Waals surface area (Å²) in [5, 5.41) is 17.4. The van der Waals surface area contributed by atoms with Gasteiger partial charge in [-0.15, -0.1) is 0 Å². The van der Waals surface area contributed by atoms with Gasteiger partial charge in [0.15, 0.2) is 34.8 Å². The number of halogens is 4. The van der Waals surface area contributed by atoms with E-state index in [1.54, 1.807) is 0 Å². The van der Waals surface area contributed by atoms with E-state index in [0.29, 0.717) is 0 Å². The van der Waals surface area contributed by atoms with Crippen LogP contribution in [0.25, 0.3) is 10.8 Å². The number of aromatic hydroxyl groups is 2. The molecule has 0 saturated heterocycles. The number of carbonyl (C=O) groups excluding carboxylic acids is 2. The summed E-state index contributed by atoms with van der Waals surface area (Å²) in [5.41, 5.74) is -1.61. The van der Waals surface area contributed by atoms with Crippen LogP contribution in [0.1, 0.15) is 20.7 Å². The predicted molar refractivity (Wildman–Crippen MR) is 64.9 cm³/mol. The number of hydrogen-bond donors (Lipinski definition) is 2. The van der Waals surface area contributed by atoms with Crippen molar-refractivity contribution >= 4 is 22.3 Å². The van der Waals surface area contributed by atoms with Crippen molar-refractivity contribution < 1.29 is 37.4 Å². The number of fused-ring (bicyclic) bond motifs is 2. The Hall–Kier alpha value is -2.90. The van der Waals surface area contributed by atoms with Crippen molar-refractivity contribution in [2.45, 2.75) is 0 Å². The molecular weight excluding hydrogens is 308 g/mol. The maximum Gasteiger partial charge on any atom is 0.198 e. The highest BCUT2D eigenvalue weighted by atomic mass is 19.2. The molecular formula is C14H4F4O4. The average molecular weight is 312 g/mol. The average Bonchev–Trinajstić information content (AvgIpc) is 2.48. The van der Waals surface area contributed by atoms with E-state index in [1.165, 1.54) is 0 Å². The molecule has 0 saturated carbocycles. The number of carbonyl (C=O) groups is 2. The fourth-order valence-corrected chi connectivity index (χ4v) is 2.36. The van der Waals surface area contributed by atoms with Crippen molar-refractivity contribution in [1.82, 2.24) is 0 Å². The zero-order valence-electron chi connectivity index (χ0n) is 10.4. The van der Waals surface area contributed by atoms with Gasteiger partial charge in [0.25, 0.3) is 0 Å². The van der Waals surface area contributed by atoms with Crippen LogP contribution < -0.4 is 0 Å². The van der Waals surface area contributed by atoms with Gasteiger partial charge in [-0.25, -0.2) is 17.6 Å². The molecule has 2 N–H and O–H groups in total. The summed E-state index contributed by atoms with van der Waals surface area (Å²) in [6, 6.07) is 0. The quantitative estimate of drug-likeness (QED) is 0.339. The Balaban J connectivity index is 2.68. The van der Waals surface area contributed by atoms with Crippen LogP contribution in [0.15, 0.2) is 12.2 Å². The van der Waals surface area contributed by atoms with Gasteiger partial charge in [0.1, 0.15) is 11.5 Å². The highest BCUT2D eigenvalue weighted by molar-refractivity contribution is 6.27. The molecule has 112 valence electrons. The molecule has 0 unspecified atom stereocenters. The minimum atomic E-state index is -2.22. The van der Waals surface area contributed by atoms with Gasteiger partial charge in [-0.2, -0.15) is 0 Å². The third-order valence-corrected chi connectivity index (χ3v) is 3.34. The van der Waals surface area contributed by atoms with E-state index < -0.39 is 68.2 Å². The summed E-state index contributed by atoms with van der Waals surface area (Å²) in [5.74, 6) is -12.9. The number of hydrogen-bond acceptors (Lipinski definition) is 4. The molecule has 0 amide bonds. The van der Waals surface area contributed by atoms with E-state index in [-0.39, 0.29) is 0 Å². The Bertz CT molecular complexity index is 857. The van der Waals surface area contributed by atoms with Crippen LogP contribution >= 0.6 is 0 Å². The minimum Gasteiger partial charge on any atom is -0.506 e. The molecule has 0 atom stereocenters. The summed E-state index contributed by atoms with van der Waals surface area (Å²) in [7, 11) is 0. The molecule has 0 heterocycles. The summed E-state index contributed by atoms with van der Waals surface area (Å²) in [6.07, 6.45) is 1.48. The molecule has 0 fully saturated rings. The van der Waals surface area contributed by atoms with Crippen LogP contribution in [0.2, 0.25) is 0 Å². The molecule has 0 aromatic heterocycles. The van der Waals surface area contributed by atoms with Gasteiger partial charge in [0.05, 0.1) is 21.9 Å². The largest absolute Gasteiger partial charge is 0.506 e. The molecule has 0 radical (unpaired) electrons. The fraction of sp³-hybridized carbons (Fsp3) is 0. The Morgan fingerprint density at radius 3 is 1.27 bits per heavy atom. The number of phenols is 2. The minimum absolute atomic E-state index is 0.740. The van der Waals surface area contributed by atoms with Crippen LogP contribution in [0.5, 0.6) is 11.5 Å². The molecule has 3 rings (SSSR count). The molecule has 2 aromatic carbocycles. The Labute approximate surface area is 118 Å². The summed E-state index contributed by atoms with van der Waals surface area (Å²) >= 11 is 0. The van der Waals surface area contributed by atoms with E-state index >= 15 is 0 Å². The lowest BCUT2D eigenvalue weighted by Gasteiger charge is -2.17. The van der Waals surface area contributed by atoms with Gasteiger partial charge in [-0.3, -0.25) is 9.59 Å². The van der Waals surface area contributed by atoms with E-state index in [0.717, 1.165) is 12.2 Å². The third-order valence-electron chi connectivity index (χ3n) is 3.34. The number of rotatable bonds is 0. The normalized spacial score (nSPS) is 13.8. The lowest BCUT2D eigenvalue weighted by Crippen LogP contribution is -2.13. The second-order valence-corrected chi connectivity index (χ2v) is 4.51. The number of phenolic OH excluding ortho intramolecular Hbond substituents is 2.